The number of carbonyl (C=O) groups excluding carboxylic acids is 1. The predicted molar refractivity (Wildman–Crippen MR) is 69.8 cm³/mol. The molecule has 1 aliphatic rings. The molecule has 1 saturated carbocycles. The molecule has 2 rings (SSSR count). The van der Waals surface area contributed by atoms with E-state index in [0.29, 0.717) is 6.42 Å². The number of carbonyl (C=O) groups is 2. The molecule has 0 aliphatic heterocycles. The van der Waals surface area contributed by atoms with Gasteiger partial charge in [0.1, 0.15) is 6.04 Å². The zero-order chi connectivity index (χ0) is 13.3. The van der Waals surface area contributed by atoms with E-state index in [1.165, 1.54) is 10.4 Å². The number of thiophene rings is 1. The molecule has 98 valence electrons. The minimum atomic E-state index is -0.963. The quantitative estimate of drug-likeness (QED) is 0.859. The molecule has 0 spiro atoms. The Bertz CT molecular complexity index is 469. The lowest BCUT2D eigenvalue weighted by Gasteiger charge is -2.11. The highest BCUT2D eigenvalue weighted by Gasteiger charge is 2.45. The summed E-state index contributed by atoms with van der Waals surface area (Å²) in [5.74, 6) is -0.843. The first kappa shape index (κ1) is 13.1. The van der Waals surface area contributed by atoms with Crippen LogP contribution < -0.4 is 5.32 Å². The minimum Gasteiger partial charge on any atom is -0.480 e. The number of rotatable bonds is 5. The molecule has 18 heavy (non-hydrogen) atoms. The Hall–Kier alpha value is -1.36. The van der Waals surface area contributed by atoms with Crippen molar-refractivity contribution in [3.63, 3.8) is 0 Å². The first-order valence-corrected chi connectivity index (χ1v) is 6.99. The molecule has 0 unspecified atom stereocenters. The molecule has 1 heterocycles. The summed E-state index contributed by atoms with van der Waals surface area (Å²) in [7, 11) is 0. The van der Waals surface area contributed by atoms with E-state index in [1.54, 1.807) is 18.3 Å². The molecule has 0 saturated heterocycles. The van der Waals surface area contributed by atoms with E-state index in [9.17, 15) is 9.59 Å². The molecular weight excluding hydrogens is 250 g/mol. The number of carboxylic acid groups (broad SMARTS) is 1. The van der Waals surface area contributed by atoms with Crippen LogP contribution in [0.4, 0.5) is 0 Å². The van der Waals surface area contributed by atoms with Gasteiger partial charge in [0.15, 0.2) is 0 Å². The third-order valence-electron chi connectivity index (χ3n) is 3.39. The van der Waals surface area contributed by atoms with Gasteiger partial charge in [0.2, 0.25) is 5.91 Å². The first-order chi connectivity index (χ1) is 8.54. The van der Waals surface area contributed by atoms with Gasteiger partial charge in [0, 0.05) is 16.7 Å². The minimum absolute atomic E-state index is 0.0456. The van der Waals surface area contributed by atoms with Gasteiger partial charge < -0.3 is 10.4 Å². The molecular formula is C13H17NO3S. The molecule has 2 N–H and O–H groups in total. The fraction of sp³-hybridized carbons (Fsp3) is 0.538. The van der Waals surface area contributed by atoms with Crippen LogP contribution in [-0.4, -0.2) is 23.0 Å². The van der Waals surface area contributed by atoms with E-state index < -0.39 is 12.0 Å². The largest absolute Gasteiger partial charge is 0.480 e. The Kier molecular flexibility index (Phi) is 3.71. The lowest BCUT2D eigenvalue weighted by molar-refractivity contribution is -0.142. The topological polar surface area (TPSA) is 66.4 Å². The summed E-state index contributed by atoms with van der Waals surface area (Å²) in [6, 6.07) is 1.29. The van der Waals surface area contributed by atoms with Gasteiger partial charge in [-0.1, -0.05) is 6.92 Å². The summed E-state index contributed by atoms with van der Waals surface area (Å²) in [6.07, 6.45) is 1.25. The Morgan fingerprint density at radius 3 is 2.83 bits per heavy atom. The van der Waals surface area contributed by atoms with Crippen molar-refractivity contribution in [2.75, 3.05) is 0 Å². The molecule has 3 atom stereocenters. The van der Waals surface area contributed by atoms with Crippen LogP contribution >= 0.6 is 11.3 Å². The number of carboxylic acids is 1. The van der Waals surface area contributed by atoms with Crippen molar-refractivity contribution >= 4 is 23.2 Å². The van der Waals surface area contributed by atoms with E-state index in [-0.39, 0.29) is 17.7 Å². The summed E-state index contributed by atoms with van der Waals surface area (Å²) < 4.78 is 0. The number of hydrogen-bond acceptors (Lipinski definition) is 3. The van der Waals surface area contributed by atoms with E-state index in [1.807, 2.05) is 12.3 Å². The van der Waals surface area contributed by atoms with Crippen LogP contribution in [0.25, 0.3) is 0 Å². The van der Waals surface area contributed by atoms with E-state index >= 15 is 0 Å². The predicted octanol–water partition coefficient (Wildman–Crippen LogP) is 2.14. The second kappa shape index (κ2) is 5.10. The van der Waals surface area contributed by atoms with E-state index in [2.05, 4.69) is 11.4 Å². The van der Waals surface area contributed by atoms with Crippen LogP contribution in [0, 0.1) is 12.8 Å². The highest BCUT2D eigenvalue weighted by molar-refractivity contribution is 7.10. The Morgan fingerprint density at radius 2 is 2.33 bits per heavy atom. The number of nitrogens with one attached hydrogen (secondary N) is 1. The van der Waals surface area contributed by atoms with Gasteiger partial charge in [0.05, 0.1) is 0 Å². The molecule has 1 fully saturated rings. The van der Waals surface area contributed by atoms with Crippen molar-refractivity contribution in [3.8, 4) is 0 Å². The van der Waals surface area contributed by atoms with Gasteiger partial charge in [-0.3, -0.25) is 4.79 Å². The summed E-state index contributed by atoms with van der Waals surface area (Å²) in [5, 5.41) is 13.5. The van der Waals surface area contributed by atoms with E-state index in [0.717, 1.165) is 6.42 Å². The molecule has 1 aliphatic carbocycles. The molecule has 5 heteroatoms. The average molecular weight is 267 g/mol. The fourth-order valence-electron chi connectivity index (χ4n) is 2.16. The van der Waals surface area contributed by atoms with Gasteiger partial charge in [-0.15, -0.1) is 11.3 Å². The maximum Gasteiger partial charge on any atom is 0.326 e. The maximum atomic E-state index is 11.9. The zero-order valence-electron chi connectivity index (χ0n) is 10.5. The highest BCUT2D eigenvalue weighted by atomic mass is 32.1. The Morgan fingerprint density at radius 1 is 1.61 bits per heavy atom. The van der Waals surface area contributed by atoms with Crippen LogP contribution in [0.15, 0.2) is 11.4 Å². The summed E-state index contributed by atoms with van der Waals surface area (Å²) in [5.41, 5.74) is 1.23. The molecule has 4 nitrogen and oxygen atoms in total. The normalized spacial score (nSPS) is 23.4. The van der Waals surface area contributed by atoms with Crippen molar-refractivity contribution < 1.29 is 14.7 Å². The highest BCUT2D eigenvalue weighted by Crippen LogP contribution is 2.50. The molecule has 0 radical (unpaired) electrons. The van der Waals surface area contributed by atoms with Crippen LogP contribution in [0.2, 0.25) is 0 Å². The van der Waals surface area contributed by atoms with Gasteiger partial charge in [-0.2, -0.15) is 0 Å². The molecule has 1 aromatic heterocycles. The summed E-state index contributed by atoms with van der Waals surface area (Å²) >= 11 is 1.68. The number of hydrogen-bond donors (Lipinski definition) is 2. The average Bonchev–Trinajstić information content (AvgIpc) is 3.01. The Balaban J connectivity index is 1.94. The lowest BCUT2D eigenvalue weighted by atomic mass is 10.1. The van der Waals surface area contributed by atoms with Crippen molar-refractivity contribution in [3.05, 3.63) is 21.9 Å². The first-order valence-electron chi connectivity index (χ1n) is 6.11. The SMILES string of the molecule is CC[C@H](NC(=O)[C@@H]1C[C@@H]1c1sccc1C)C(=O)O. The van der Waals surface area contributed by atoms with Gasteiger partial charge in [-0.25, -0.2) is 4.79 Å². The van der Waals surface area contributed by atoms with E-state index in [4.69, 9.17) is 5.11 Å². The second-order valence-electron chi connectivity index (χ2n) is 4.72. The van der Waals surface area contributed by atoms with Crippen LogP contribution in [0.5, 0.6) is 0 Å². The number of aliphatic carboxylic acids is 1. The van der Waals surface area contributed by atoms with Crippen LogP contribution in [-0.2, 0) is 9.59 Å². The molecule has 0 aromatic carbocycles. The van der Waals surface area contributed by atoms with Crippen molar-refractivity contribution in [2.24, 2.45) is 5.92 Å². The van der Waals surface area contributed by atoms with Gasteiger partial charge in [0.25, 0.3) is 0 Å². The standard InChI is InChI=1S/C13H17NO3S/c1-3-10(13(16)17)14-12(15)9-6-8(9)11-7(2)4-5-18-11/h4-5,8-10H,3,6H2,1-2H3,(H,14,15)(H,16,17)/t8-,9+,10-/m0/s1. The van der Waals surface area contributed by atoms with Crippen molar-refractivity contribution in [1.29, 1.82) is 0 Å². The maximum absolute atomic E-state index is 11.9. The Labute approximate surface area is 110 Å². The van der Waals surface area contributed by atoms with Crippen molar-refractivity contribution in [2.45, 2.75) is 38.6 Å². The summed E-state index contributed by atoms with van der Waals surface area (Å²) in [6.45, 7) is 3.80. The molecule has 0 bridgehead atoms. The number of aryl methyl sites for hydroxylation is 1. The summed E-state index contributed by atoms with van der Waals surface area (Å²) in [4.78, 5) is 24.0. The molecule has 1 aromatic rings. The third-order valence-corrected chi connectivity index (χ3v) is 4.54. The smallest absolute Gasteiger partial charge is 0.326 e. The van der Waals surface area contributed by atoms with Gasteiger partial charge in [-0.05, 0) is 36.8 Å². The molecule has 1 amide bonds. The second-order valence-corrected chi connectivity index (χ2v) is 5.67. The third kappa shape index (κ3) is 2.56. The van der Waals surface area contributed by atoms with Crippen LogP contribution in [0.1, 0.15) is 36.1 Å². The number of amides is 1. The monoisotopic (exact) mass is 267 g/mol. The van der Waals surface area contributed by atoms with Crippen LogP contribution in [0.3, 0.4) is 0 Å². The van der Waals surface area contributed by atoms with Crippen molar-refractivity contribution in [1.82, 2.24) is 5.32 Å². The van der Waals surface area contributed by atoms with Gasteiger partial charge >= 0.3 is 5.97 Å². The lowest BCUT2D eigenvalue weighted by Crippen LogP contribution is -2.41. The zero-order valence-corrected chi connectivity index (χ0v) is 11.3. The fourth-order valence-corrected chi connectivity index (χ4v) is 3.26.